The highest BCUT2D eigenvalue weighted by Gasteiger charge is 2.21. The fraction of sp³-hybridized carbons (Fsp3) is 0.556. The van der Waals surface area contributed by atoms with E-state index in [1.54, 1.807) is 23.5 Å². The van der Waals surface area contributed by atoms with Gasteiger partial charge in [-0.1, -0.05) is 6.92 Å². The molecule has 0 aromatic rings. The van der Waals surface area contributed by atoms with Gasteiger partial charge in [-0.05, 0) is 5.92 Å². The molecule has 1 aliphatic heterocycles. The Hall–Kier alpha value is -0.600. The Kier molecular flexibility index (Phi) is 4.36. The molecule has 0 N–H and O–H groups in total. The van der Waals surface area contributed by atoms with Crippen molar-refractivity contribution >= 4 is 29.5 Å². The molecule has 1 rings (SSSR count). The van der Waals surface area contributed by atoms with Crippen molar-refractivity contribution < 1.29 is 9.53 Å². The van der Waals surface area contributed by atoms with Gasteiger partial charge in [0, 0.05) is 11.5 Å². The first-order valence-corrected chi connectivity index (χ1v) is 6.14. The predicted octanol–water partition coefficient (Wildman–Crippen LogP) is 2.01. The molecule has 0 aromatic carbocycles. The summed E-state index contributed by atoms with van der Waals surface area (Å²) >= 11 is 3.13. The first-order valence-electron chi connectivity index (χ1n) is 4.17. The van der Waals surface area contributed by atoms with Crippen LogP contribution >= 0.6 is 23.5 Å². The molecule has 1 fully saturated rings. The molecule has 1 heterocycles. The number of thioether (sulfide) groups is 2. The summed E-state index contributed by atoms with van der Waals surface area (Å²) in [4.78, 5) is 11.2. The SMILES string of the molecule is COC(=O)C(C#N)=C1SCC(C)CS1. The molecule has 1 aliphatic rings. The highest BCUT2D eigenvalue weighted by atomic mass is 32.2. The third-order valence-corrected chi connectivity index (χ3v) is 4.81. The maximum Gasteiger partial charge on any atom is 0.350 e. The predicted molar refractivity (Wildman–Crippen MR) is 58.7 cm³/mol. The number of rotatable bonds is 1. The van der Waals surface area contributed by atoms with E-state index in [-0.39, 0.29) is 5.57 Å². The first-order chi connectivity index (χ1) is 6.69. The lowest BCUT2D eigenvalue weighted by atomic mass is 10.3. The molecule has 0 radical (unpaired) electrons. The van der Waals surface area contributed by atoms with Crippen molar-refractivity contribution in [1.82, 2.24) is 0 Å². The molecule has 1 saturated heterocycles. The topological polar surface area (TPSA) is 50.1 Å². The number of nitrogens with zero attached hydrogens (tertiary/aromatic N) is 1. The molecule has 0 amide bonds. The molecule has 76 valence electrons. The molecular formula is C9H11NO2S2. The number of carbonyl (C=O) groups is 1. The number of methoxy groups -OCH3 is 1. The Balaban J connectivity index is 2.81. The van der Waals surface area contributed by atoms with Crippen molar-refractivity contribution in [1.29, 1.82) is 5.26 Å². The fourth-order valence-electron chi connectivity index (χ4n) is 0.947. The van der Waals surface area contributed by atoms with Gasteiger partial charge in [-0.15, -0.1) is 23.5 Å². The standard InChI is InChI=1S/C9H11NO2S2/c1-6-4-13-9(14-5-6)7(3-10)8(11)12-2/h6H,4-5H2,1-2H3. The number of hydrogen-bond acceptors (Lipinski definition) is 5. The van der Waals surface area contributed by atoms with Crippen LogP contribution in [-0.4, -0.2) is 24.6 Å². The normalized spacial score (nSPS) is 21.2. The Morgan fingerprint density at radius 2 is 2.14 bits per heavy atom. The lowest BCUT2D eigenvalue weighted by Crippen LogP contribution is -2.11. The number of esters is 1. The maximum atomic E-state index is 11.2. The summed E-state index contributed by atoms with van der Waals surface area (Å²) in [5.74, 6) is 2.03. The van der Waals surface area contributed by atoms with Gasteiger partial charge in [0.05, 0.1) is 11.3 Å². The van der Waals surface area contributed by atoms with E-state index in [1.165, 1.54) is 7.11 Å². The second-order valence-corrected chi connectivity index (χ2v) is 5.31. The Morgan fingerprint density at radius 3 is 2.57 bits per heavy atom. The van der Waals surface area contributed by atoms with E-state index in [4.69, 9.17) is 5.26 Å². The van der Waals surface area contributed by atoms with Gasteiger partial charge in [0.15, 0.2) is 5.57 Å². The molecule has 5 heteroatoms. The van der Waals surface area contributed by atoms with E-state index in [9.17, 15) is 4.79 Å². The third kappa shape index (κ3) is 2.69. The van der Waals surface area contributed by atoms with E-state index in [2.05, 4.69) is 11.7 Å². The first kappa shape index (κ1) is 11.5. The zero-order valence-electron chi connectivity index (χ0n) is 8.07. The molecule has 3 nitrogen and oxygen atoms in total. The van der Waals surface area contributed by atoms with E-state index < -0.39 is 5.97 Å². The highest BCUT2D eigenvalue weighted by molar-refractivity contribution is 8.22. The van der Waals surface area contributed by atoms with E-state index in [0.717, 1.165) is 15.7 Å². The summed E-state index contributed by atoms with van der Waals surface area (Å²) in [7, 11) is 1.29. The minimum atomic E-state index is -0.531. The van der Waals surface area contributed by atoms with E-state index in [0.29, 0.717) is 5.92 Å². The maximum absolute atomic E-state index is 11.2. The quantitative estimate of drug-likeness (QED) is 0.391. The van der Waals surface area contributed by atoms with Gasteiger partial charge in [0.1, 0.15) is 6.07 Å². The second kappa shape index (κ2) is 5.32. The van der Waals surface area contributed by atoms with Crippen LogP contribution in [0.15, 0.2) is 9.81 Å². The van der Waals surface area contributed by atoms with Crippen LogP contribution in [0.1, 0.15) is 6.92 Å². The van der Waals surface area contributed by atoms with Crippen molar-refractivity contribution in [3.63, 3.8) is 0 Å². The van der Waals surface area contributed by atoms with Crippen molar-refractivity contribution in [3.05, 3.63) is 9.81 Å². The second-order valence-electron chi connectivity index (χ2n) is 2.99. The van der Waals surface area contributed by atoms with Gasteiger partial charge in [0.2, 0.25) is 0 Å². The van der Waals surface area contributed by atoms with Crippen LogP contribution in [0.4, 0.5) is 0 Å². The zero-order chi connectivity index (χ0) is 10.6. The van der Waals surface area contributed by atoms with Gasteiger partial charge in [-0.25, -0.2) is 4.79 Å². The molecule has 0 aromatic heterocycles. The largest absolute Gasteiger partial charge is 0.465 e. The van der Waals surface area contributed by atoms with Crippen molar-refractivity contribution in [2.24, 2.45) is 5.92 Å². The summed E-state index contributed by atoms with van der Waals surface area (Å²) in [5.41, 5.74) is 0.148. The summed E-state index contributed by atoms with van der Waals surface area (Å²) in [6.45, 7) is 2.15. The van der Waals surface area contributed by atoms with Crippen LogP contribution < -0.4 is 0 Å². The Morgan fingerprint density at radius 1 is 1.57 bits per heavy atom. The summed E-state index contributed by atoms with van der Waals surface area (Å²) in [6, 6.07) is 1.90. The van der Waals surface area contributed by atoms with Gasteiger partial charge in [-0.2, -0.15) is 5.26 Å². The van der Waals surface area contributed by atoms with Crippen LogP contribution in [0, 0.1) is 17.2 Å². The molecule has 14 heavy (non-hydrogen) atoms. The van der Waals surface area contributed by atoms with Crippen molar-refractivity contribution in [3.8, 4) is 6.07 Å². The lowest BCUT2D eigenvalue weighted by Gasteiger charge is -2.19. The van der Waals surface area contributed by atoms with E-state index in [1.807, 2.05) is 6.07 Å². The van der Waals surface area contributed by atoms with Crippen LogP contribution in [0.25, 0.3) is 0 Å². The van der Waals surface area contributed by atoms with Gasteiger partial charge < -0.3 is 4.74 Å². The fourth-order valence-corrected chi connectivity index (χ4v) is 3.49. The molecule has 0 saturated carbocycles. The monoisotopic (exact) mass is 229 g/mol. The number of nitriles is 1. The summed E-state index contributed by atoms with van der Waals surface area (Å²) < 4.78 is 5.34. The molecule has 0 aliphatic carbocycles. The van der Waals surface area contributed by atoms with Crippen molar-refractivity contribution in [2.45, 2.75) is 6.92 Å². The molecule has 0 bridgehead atoms. The highest BCUT2D eigenvalue weighted by Crippen LogP contribution is 2.39. The average molecular weight is 229 g/mol. The number of carbonyl (C=O) groups excluding carboxylic acids is 1. The molecular weight excluding hydrogens is 218 g/mol. The van der Waals surface area contributed by atoms with Crippen molar-refractivity contribution in [2.75, 3.05) is 18.6 Å². The van der Waals surface area contributed by atoms with Crippen LogP contribution in [-0.2, 0) is 9.53 Å². The minimum absolute atomic E-state index is 0.148. The summed E-state index contributed by atoms with van der Waals surface area (Å²) in [6.07, 6.45) is 0. The smallest absolute Gasteiger partial charge is 0.350 e. The lowest BCUT2D eigenvalue weighted by molar-refractivity contribution is -0.135. The third-order valence-electron chi connectivity index (χ3n) is 1.70. The number of ether oxygens (including phenoxy) is 1. The molecule has 0 unspecified atom stereocenters. The van der Waals surface area contributed by atoms with Gasteiger partial charge in [-0.3, -0.25) is 0 Å². The van der Waals surface area contributed by atoms with Crippen LogP contribution in [0.2, 0.25) is 0 Å². The molecule has 0 atom stereocenters. The summed E-state index contributed by atoms with van der Waals surface area (Å²) in [5, 5.41) is 8.81. The minimum Gasteiger partial charge on any atom is -0.465 e. The van der Waals surface area contributed by atoms with Gasteiger partial charge in [0.25, 0.3) is 0 Å². The van der Waals surface area contributed by atoms with E-state index >= 15 is 0 Å². The molecule has 0 spiro atoms. The Labute approximate surface area is 91.9 Å². The Bertz CT molecular complexity index is 296. The number of hydrogen-bond donors (Lipinski definition) is 0. The van der Waals surface area contributed by atoms with Gasteiger partial charge >= 0.3 is 5.97 Å². The van der Waals surface area contributed by atoms with Crippen LogP contribution in [0.3, 0.4) is 0 Å². The average Bonchev–Trinajstić information content (AvgIpc) is 2.21. The van der Waals surface area contributed by atoms with Crippen LogP contribution in [0.5, 0.6) is 0 Å². The zero-order valence-corrected chi connectivity index (χ0v) is 9.70.